The standard InChI is InChI=1S/C10H15ClN4/c1-7-4-2-3-5-15(7)10-8(11)9(12)13-6-14-10/h6-7H,2-5H2,1H3,(H2,12,13,14). The fourth-order valence-electron chi connectivity index (χ4n) is 1.99. The highest BCUT2D eigenvalue weighted by molar-refractivity contribution is 6.35. The molecule has 1 aliphatic heterocycles. The van der Waals surface area contributed by atoms with Crippen LogP contribution in [0.15, 0.2) is 6.33 Å². The minimum absolute atomic E-state index is 0.361. The first-order valence-electron chi connectivity index (χ1n) is 5.22. The Morgan fingerprint density at radius 2 is 2.27 bits per heavy atom. The molecule has 1 aromatic heterocycles. The molecule has 0 saturated carbocycles. The van der Waals surface area contributed by atoms with Crippen LogP contribution in [0.4, 0.5) is 11.6 Å². The average Bonchev–Trinajstić information content (AvgIpc) is 2.23. The highest BCUT2D eigenvalue weighted by Crippen LogP contribution is 2.31. The van der Waals surface area contributed by atoms with Crippen molar-refractivity contribution in [3.63, 3.8) is 0 Å². The summed E-state index contributed by atoms with van der Waals surface area (Å²) in [5.41, 5.74) is 5.66. The van der Waals surface area contributed by atoms with Gasteiger partial charge in [0.15, 0.2) is 5.82 Å². The molecule has 5 heteroatoms. The maximum Gasteiger partial charge on any atom is 0.153 e. The predicted molar refractivity (Wildman–Crippen MR) is 62.1 cm³/mol. The smallest absolute Gasteiger partial charge is 0.153 e. The molecular weight excluding hydrogens is 212 g/mol. The van der Waals surface area contributed by atoms with E-state index in [4.69, 9.17) is 17.3 Å². The van der Waals surface area contributed by atoms with E-state index < -0.39 is 0 Å². The molecule has 1 atom stereocenters. The van der Waals surface area contributed by atoms with Crippen LogP contribution in [0.1, 0.15) is 26.2 Å². The number of piperidine rings is 1. The van der Waals surface area contributed by atoms with Crippen molar-refractivity contribution in [3.8, 4) is 0 Å². The van der Waals surface area contributed by atoms with E-state index in [-0.39, 0.29) is 0 Å². The molecule has 0 bridgehead atoms. The predicted octanol–water partition coefficient (Wildman–Crippen LogP) is 2.09. The third-order valence-corrected chi connectivity index (χ3v) is 3.24. The number of aromatic nitrogens is 2. The summed E-state index contributed by atoms with van der Waals surface area (Å²) >= 11 is 6.10. The molecule has 4 nitrogen and oxygen atoms in total. The van der Waals surface area contributed by atoms with Gasteiger partial charge in [-0.15, -0.1) is 0 Å². The van der Waals surface area contributed by atoms with Crippen LogP contribution in [-0.4, -0.2) is 22.6 Å². The van der Waals surface area contributed by atoms with Crippen LogP contribution in [0.2, 0.25) is 5.02 Å². The van der Waals surface area contributed by atoms with E-state index in [1.54, 1.807) is 0 Å². The molecule has 82 valence electrons. The zero-order valence-corrected chi connectivity index (χ0v) is 9.54. The summed E-state index contributed by atoms with van der Waals surface area (Å²) in [5, 5.41) is 0.478. The van der Waals surface area contributed by atoms with Crippen molar-refractivity contribution in [1.82, 2.24) is 9.97 Å². The van der Waals surface area contributed by atoms with Gasteiger partial charge in [-0.1, -0.05) is 11.6 Å². The topological polar surface area (TPSA) is 55.0 Å². The van der Waals surface area contributed by atoms with Crippen LogP contribution >= 0.6 is 11.6 Å². The van der Waals surface area contributed by atoms with E-state index in [2.05, 4.69) is 21.8 Å². The molecule has 0 radical (unpaired) electrons. The van der Waals surface area contributed by atoms with Crippen LogP contribution in [0, 0.1) is 0 Å². The van der Waals surface area contributed by atoms with Gasteiger partial charge in [0.2, 0.25) is 0 Å². The Balaban J connectivity index is 2.31. The van der Waals surface area contributed by atoms with E-state index in [9.17, 15) is 0 Å². The first kappa shape index (κ1) is 10.5. The van der Waals surface area contributed by atoms with Crippen molar-refractivity contribution in [1.29, 1.82) is 0 Å². The number of halogens is 1. The number of rotatable bonds is 1. The van der Waals surface area contributed by atoms with Crippen molar-refractivity contribution in [3.05, 3.63) is 11.3 Å². The SMILES string of the molecule is CC1CCCCN1c1ncnc(N)c1Cl. The monoisotopic (exact) mass is 226 g/mol. The minimum atomic E-state index is 0.361. The van der Waals surface area contributed by atoms with Crippen molar-refractivity contribution in [2.24, 2.45) is 0 Å². The molecule has 2 rings (SSSR count). The zero-order valence-electron chi connectivity index (χ0n) is 8.78. The molecule has 15 heavy (non-hydrogen) atoms. The number of hydrogen-bond acceptors (Lipinski definition) is 4. The molecule has 0 aliphatic carbocycles. The first-order chi connectivity index (χ1) is 7.20. The van der Waals surface area contributed by atoms with Gasteiger partial charge in [0.25, 0.3) is 0 Å². The molecule has 2 N–H and O–H groups in total. The third kappa shape index (κ3) is 2.00. The number of nitrogen functional groups attached to an aromatic ring is 1. The second-order valence-corrected chi connectivity index (χ2v) is 4.31. The summed E-state index contributed by atoms with van der Waals surface area (Å²) in [6.45, 7) is 3.19. The van der Waals surface area contributed by atoms with Gasteiger partial charge in [0.1, 0.15) is 17.2 Å². The lowest BCUT2D eigenvalue weighted by Crippen LogP contribution is -2.38. The molecule has 2 heterocycles. The quantitative estimate of drug-likeness (QED) is 0.797. The number of hydrogen-bond donors (Lipinski definition) is 1. The normalized spacial score (nSPS) is 21.7. The summed E-state index contributed by atoms with van der Waals surface area (Å²) in [6, 6.07) is 0.477. The second-order valence-electron chi connectivity index (χ2n) is 3.93. The van der Waals surface area contributed by atoms with Crippen LogP contribution in [0.25, 0.3) is 0 Å². The van der Waals surface area contributed by atoms with Gasteiger partial charge < -0.3 is 10.6 Å². The van der Waals surface area contributed by atoms with E-state index in [0.717, 1.165) is 12.4 Å². The average molecular weight is 227 g/mol. The molecule has 1 saturated heterocycles. The van der Waals surface area contributed by atoms with Gasteiger partial charge in [-0.2, -0.15) is 0 Å². The van der Waals surface area contributed by atoms with Gasteiger partial charge in [-0.05, 0) is 26.2 Å². The lowest BCUT2D eigenvalue weighted by Gasteiger charge is -2.34. The van der Waals surface area contributed by atoms with Gasteiger partial charge in [0, 0.05) is 12.6 Å². The van der Waals surface area contributed by atoms with Gasteiger partial charge in [0.05, 0.1) is 0 Å². The summed E-state index contributed by atoms with van der Waals surface area (Å²) in [7, 11) is 0. The van der Waals surface area contributed by atoms with Gasteiger partial charge in [-0.25, -0.2) is 9.97 Å². The van der Waals surface area contributed by atoms with Crippen molar-refractivity contribution < 1.29 is 0 Å². The lowest BCUT2D eigenvalue weighted by molar-refractivity contribution is 0.481. The van der Waals surface area contributed by atoms with Gasteiger partial charge >= 0.3 is 0 Å². The van der Waals surface area contributed by atoms with Crippen LogP contribution in [-0.2, 0) is 0 Å². The van der Waals surface area contributed by atoms with E-state index in [1.807, 2.05) is 0 Å². The highest BCUT2D eigenvalue weighted by Gasteiger charge is 2.22. The maximum absolute atomic E-state index is 6.10. The lowest BCUT2D eigenvalue weighted by atomic mass is 10.0. The summed E-state index contributed by atoms with van der Waals surface area (Å²) in [5.74, 6) is 1.14. The van der Waals surface area contributed by atoms with E-state index >= 15 is 0 Å². The molecule has 1 aliphatic rings. The van der Waals surface area contributed by atoms with E-state index in [0.29, 0.717) is 16.9 Å². The van der Waals surface area contributed by atoms with Crippen LogP contribution < -0.4 is 10.6 Å². The summed E-state index contributed by atoms with van der Waals surface area (Å²) < 4.78 is 0. The van der Waals surface area contributed by atoms with Crippen molar-refractivity contribution in [2.75, 3.05) is 17.2 Å². The minimum Gasteiger partial charge on any atom is -0.382 e. The molecular formula is C10H15ClN4. The Hall–Kier alpha value is -1.03. The molecule has 1 unspecified atom stereocenters. The van der Waals surface area contributed by atoms with Gasteiger partial charge in [-0.3, -0.25) is 0 Å². The zero-order chi connectivity index (χ0) is 10.8. The third-order valence-electron chi connectivity index (χ3n) is 2.87. The van der Waals surface area contributed by atoms with Crippen molar-refractivity contribution in [2.45, 2.75) is 32.2 Å². The molecule has 0 aromatic carbocycles. The Morgan fingerprint density at radius 1 is 1.47 bits per heavy atom. The van der Waals surface area contributed by atoms with Crippen LogP contribution in [0.3, 0.4) is 0 Å². The van der Waals surface area contributed by atoms with Crippen molar-refractivity contribution >= 4 is 23.2 Å². The summed E-state index contributed by atoms with van der Waals surface area (Å²) in [6.07, 6.45) is 5.11. The maximum atomic E-state index is 6.10. The Labute approximate surface area is 94.5 Å². The summed E-state index contributed by atoms with van der Waals surface area (Å²) in [4.78, 5) is 10.3. The molecule has 0 spiro atoms. The number of nitrogens with zero attached hydrogens (tertiary/aromatic N) is 3. The first-order valence-corrected chi connectivity index (χ1v) is 5.60. The Bertz CT molecular complexity index is 355. The largest absolute Gasteiger partial charge is 0.382 e. The Morgan fingerprint density at radius 3 is 3.00 bits per heavy atom. The molecule has 1 fully saturated rings. The fraction of sp³-hybridized carbons (Fsp3) is 0.600. The number of anilines is 2. The fourth-order valence-corrected chi connectivity index (χ4v) is 2.19. The molecule has 1 aromatic rings. The molecule has 0 amide bonds. The number of nitrogens with two attached hydrogens (primary N) is 1. The van der Waals surface area contributed by atoms with E-state index in [1.165, 1.54) is 25.6 Å². The highest BCUT2D eigenvalue weighted by atomic mass is 35.5. The van der Waals surface area contributed by atoms with Crippen LogP contribution in [0.5, 0.6) is 0 Å². The second kappa shape index (κ2) is 4.23. The Kier molecular flexibility index (Phi) is 2.95.